The first kappa shape index (κ1) is 19.7. The average molecular weight is 390 g/mol. The first-order chi connectivity index (χ1) is 13.5. The topological polar surface area (TPSA) is 50.1 Å². The minimum absolute atomic E-state index is 0.0894. The van der Waals surface area contributed by atoms with Gasteiger partial charge in [0.1, 0.15) is 5.75 Å². The van der Waals surface area contributed by atoms with Gasteiger partial charge in [-0.15, -0.1) is 0 Å². The molecule has 3 aromatic carbocycles. The van der Waals surface area contributed by atoms with Gasteiger partial charge in [0.25, 0.3) is 0 Å². The average Bonchev–Trinajstić information content (AvgIpc) is 2.70. The predicted molar refractivity (Wildman–Crippen MR) is 111 cm³/mol. The van der Waals surface area contributed by atoms with Gasteiger partial charge < -0.3 is 4.74 Å². The lowest BCUT2D eigenvalue weighted by molar-refractivity contribution is -0.137. The molecule has 28 heavy (non-hydrogen) atoms. The molecule has 0 aliphatic carbocycles. The van der Waals surface area contributed by atoms with Crippen molar-refractivity contribution in [1.82, 2.24) is 0 Å². The first-order valence-electron chi connectivity index (χ1n) is 9.05. The molecule has 4 heteroatoms. The third-order valence-corrected chi connectivity index (χ3v) is 4.82. The second kappa shape index (κ2) is 8.73. The number of nitrogens with zero attached hydrogens (tertiary/aromatic N) is 1. The summed E-state index contributed by atoms with van der Waals surface area (Å²) in [5.74, 6) is -0.0625. The van der Waals surface area contributed by atoms with Crippen molar-refractivity contribution in [3.63, 3.8) is 0 Å². The molecule has 0 N–H and O–H groups in total. The molecule has 1 atom stereocenters. The molecule has 0 amide bonds. The maximum atomic E-state index is 12.8. The lowest BCUT2D eigenvalue weighted by atomic mass is 9.88. The Kier molecular flexibility index (Phi) is 6.13. The monoisotopic (exact) mass is 389 g/mol. The molecule has 0 unspecified atom stereocenters. The quantitative estimate of drug-likeness (QED) is 0.384. The van der Waals surface area contributed by atoms with Crippen molar-refractivity contribution in [2.75, 3.05) is 0 Å². The van der Waals surface area contributed by atoms with Gasteiger partial charge in [0.2, 0.25) is 0 Å². The van der Waals surface area contributed by atoms with E-state index in [4.69, 9.17) is 21.6 Å². The Morgan fingerprint density at radius 3 is 1.93 bits per heavy atom. The van der Waals surface area contributed by atoms with Crippen LogP contribution in [0.15, 0.2) is 72.8 Å². The molecule has 0 radical (unpaired) electrons. The van der Waals surface area contributed by atoms with E-state index in [9.17, 15) is 4.79 Å². The zero-order valence-corrected chi connectivity index (χ0v) is 16.5. The van der Waals surface area contributed by atoms with Crippen molar-refractivity contribution >= 4 is 17.6 Å². The van der Waals surface area contributed by atoms with E-state index >= 15 is 0 Å². The summed E-state index contributed by atoms with van der Waals surface area (Å²) in [5.41, 5.74) is 3.50. The molecular weight excluding hydrogens is 370 g/mol. The van der Waals surface area contributed by atoms with Crippen LogP contribution in [0.1, 0.15) is 30.9 Å². The van der Waals surface area contributed by atoms with Gasteiger partial charge in [-0.25, -0.2) is 0 Å². The lowest BCUT2D eigenvalue weighted by Crippen LogP contribution is -2.23. The van der Waals surface area contributed by atoms with Crippen molar-refractivity contribution in [3.8, 4) is 22.9 Å². The number of rotatable bonds is 5. The molecule has 0 aromatic heterocycles. The van der Waals surface area contributed by atoms with E-state index in [1.165, 1.54) is 0 Å². The highest BCUT2D eigenvalue weighted by Gasteiger charge is 2.26. The van der Waals surface area contributed by atoms with E-state index in [-0.39, 0.29) is 17.8 Å². The molecule has 0 heterocycles. The smallest absolute Gasteiger partial charge is 0.319 e. The number of halogens is 1. The SMILES string of the molecule is CC(C)[C@H](C(=O)Oc1ccc(-c2ccc(C#N)cc2)cc1)c1ccc(Cl)cc1. The van der Waals surface area contributed by atoms with Gasteiger partial charge in [-0.05, 0) is 59.0 Å². The van der Waals surface area contributed by atoms with Crippen LogP contribution in [-0.2, 0) is 4.79 Å². The zero-order chi connectivity index (χ0) is 20.1. The molecule has 140 valence electrons. The van der Waals surface area contributed by atoms with Crippen LogP contribution < -0.4 is 4.74 Å². The van der Waals surface area contributed by atoms with E-state index in [0.29, 0.717) is 16.3 Å². The Labute approximate surface area is 170 Å². The number of carbonyl (C=O) groups excluding carboxylic acids is 1. The molecular formula is C24H20ClNO2. The summed E-state index contributed by atoms with van der Waals surface area (Å²) in [7, 11) is 0. The van der Waals surface area contributed by atoms with Crippen LogP contribution in [0, 0.1) is 17.2 Å². The highest BCUT2D eigenvalue weighted by Crippen LogP contribution is 2.29. The van der Waals surface area contributed by atoms with Gasteiger partial charge in [0.05, 0.1) is 17.6 Å². The van der Waals surface area contributed by atoms with Crippen molar-refractivity contribution in [3.05, 3.63) is 88.9 Å². The minimum Gasteiger partial charge on any atom is -0.426 e. The van der Waals surface area contributed by atoms with Crippen LogP contribution in [0.2, 0.25) is 5.02 Å². The van der Waals surface area contributed by atoms with Crippen molar-refractivity contribution < 1.29 is 9.53 Å². The number of ether oxygens (including phenoxy) is 1. The third-order valence-electron chi connectivity index (χ3n) is 4.57. The van der Waals surface area contributed by atoms with Gasteiger partial charge in [0, 0.05) is 5.02 Å². The van der Waals surface area contributed by atoms with Gasteiger partial charge in [-0.1, -0.05) is 61.8 Å². The molecule has 0 aliphatic heterocycles. The summed E-state index contributed by atoms with van der Waals surface area (Å²) in [6.07, 6.45) is 0. The largest absolute Gasteiger partial charge is 0.426 e. The normalized spacial score (nSPS) is 11.7. The lowest BCUT2D eigenvalue weighted by Gasteiger charge is -2.20. The molecule has 0 spiro atoms. The van der Waals surface area contributed by atoms with E-state index in [1.54, 1.807) is 36.4 Å². The summed E-state index contributed by atoms with van der Waals surface area (Å²) in [6.45, 7) is 3.99. The summed E-state index contributed by atoms with van der Waals surface area (Å²) < 4.78 is 5.63. The number of benzene rings is 3. The van der Waals surface area contributed by atoms with E-state index in [1.807, 2.05) is 50.2 Å². The van der Waals surface area contributed by atoms with Crippen LogP contribution in [0.3, 0.4) is 0 Å². The number of carbonyl (C=O) groups is 1. The maximum absolute atomic E-state index is 12.8. The maximum Gasteiger partial charge on any atom is 0.319 e. The Morgan fingerprint density at radius 2 is 1.43 bits per heavy atom. The highest BCUT2D eigenvalue weighted by molar-refractivity contribution is 6.30. The van der Waals surface area contributed by atoms with Crippen LogP contribution in [0.4, 0.5) is 0 Å². The fourth-order valence-electron chi connectivity index (χ4n) is 3.10. The van der Waals surface area contributed by atoms with Crippen LogP contribution in [0.25, 0.3) is 11.1 Å². The molecule has 0 saturated carbocycles. The van der Waals surface area contributed by atoms with Gasteiger partial charge in [-0.2, -0.15) is 5.26 Å². The van der Waals surface area contributed by atoms with Gasteiger partial charge >= 0.3 is 5.97 Å². The van der Waals surface area contributed by atoms with Gasteiger partial charge in [0.15, 0.2) is 0 Å². The van der Waals surface area contributed by atoms with Crippen LogP contribution in [-0.4, -0.2) is 5.97 Å². The van der Waals surface area contributed by atoms with Gasteiger partial charge in [-0.3, -0.25) is 4.79 Å². The first-order valence-corrected chi connectivity index (χ1v) is 9.43. The number of nitriles is 1. The van der Waals surface area contributed by atoms with Crippen LogP contribution in [0.5, 0.6) is 5.75 Å². The van der Waals surface area contributed by atoms with Crippen LogP contribution >= 0.6 is 11.6 Å². The Morgan fingerprint density at radius 1 is 0.893 bits per heavy atom. The Bertz CT molecular complexity index is 985. The molecule has 3 rings (SSSR count). The third kappa shape index (κ3) is 4.60. The highest BCUT2D eigenvalue weighted by atomic mass is 35.5. The molecule has 0 bridgehead atoms. The second-order valence-electron chi connectivity index (χ2n) is 6.91. The summed E-state index contributed by atoms with van der Waals surface area (Å²) in [4.78, 5) is 12.8. The van der Waals surface area contributed by atoms with E-state index < -0.39 is 0 Å². The molecule has 0 saturated heterocycles. The minimum atomic E-state index is -0.365. The Balaban J connectivity index is 1.75. The molecule has 0 aliphatic rings. The Hall–Kier alpha value is -3.09. The fraction of sp³-hybridized carbons (Fsp3) is 0.167. The van der Waals surface area contributed by atoms with Crippen molar-refractivity contribution in [1.29, 1.82) is 5.26 Å². The molecule has 0 fully saturated rings. The number of esters is 1. The standard InChI is InChI=1S/C24H20ClNO2/c1-16(2)23(20-7-11-21(25)12-8-20)24(27)28-22-13-9-19(10-14-22)18-5-3-17(15-26)4-6-18/h3-14,16,23H,1-2H3/t23-/m0/s1. The predicted octanol–water partition coefficient (Wildman–Crippen LogP) is 6.22. The fourth-order valence-corrected chi connectivity index (χ4v) is 3.22. The number of hydrogen-bond acceptors (Lipinski definition) is 3. The van der Waals surface area contributed by atoms with Crippen molar-refractivity contribution in [2.45, 2.75) is 19.8 Å². The molecule has 3 nitrogen and oxygen atoms in total. The van der Waals surface area contributed by atoms with E-state index in [0.717, 1.165) is 16.7 Å². The zero-order valence-electron chi connectivity index (χ0n) is 15.7. The number of hydrogen-bond donors (Lipinski definition) is 0. The summed E-state index contributed by atoms with van der Waals surface area (Å²) in [6, 6.07) is 24.1. The van der Waals surface area contributed by atoms with Crippen molar-refractivity contribution in [2.24, 2.45) is 5.92 Å². The second-order valence-corrected chi connectivity index (χ2v) is 7.34. The van der Waals surface area contributed by atoms with E-state index in [2.05, 4.69) is 6.07 Å². The molecule has 3 aromatic rings. The summed E-state index contributed by atoms with van der Waals surface area (Å²) >= 11 is 5.96. The summed E-state index contributed by atoms with van der Waals surface area (Å²) in [5, 5.41) is 9.53.